The molecular formula is C35H44N6O7S2. The molecule has 1 aliphatic carbocycles. The van der Waals surface area contributed by atoms with Crippen LogP contribution in [0.2, 0.25) is 0 Å². The Morgan fingerprint density at radius 2 is 1.96 bits per heavy atom. The number of urea groups is 1. The fraction of sp³-hybridized carbons (Fsp3) is 0.514. The first-order valence-corrected chi connectivity index (χ1v) is 19.6. The maximum absolute atomic E-state index is 14.1. The number of allylic oxidation sites excluding steroid dienone is 1. The molecule has 3 aliphatic rings. The molecule has 6 rings (SSSR count). The third-order valence-corrected chi connectivity index (χ3v) is 11.1. The van der Waals surface area contributed by atoms with Crippen LogP contribution in [0.3, 0.4) is 0 Å². The summed E-state index contributed by atoms with van der Waals surface area (Å²) in [6.07, 6.45) is 6.91. The number of hydrogen-bond donors (Lipinski definition) is 2. The van der Waals surface area contributed by atoms with Gasteiger partial charge in [-0.05, 0) is 50.7 Å². The van der Waals surface area contributed by atoms with Crippen molar-refractivity contribution in [3.05, 3.63) is 47.0 Å². The lowest BCUT2D eigenvalue weighted by Gasteiger charge is -2.29. The maximum atomic E-state index is 14.1. The molecule has 1 saturated heterocycles. The van der Waals surface area contributed by atoms with Gasteiger partial charge in [-0.25, -0.2) is 23.2 Å². The number of amides is 4. The number of rotatable bonds is 7. The van der Waals surface area contributed by atoms with Crippen LogP contribution in [0, 0.1) is 12.8 Å². The largest absolute Gasteiger partial charge is 0.496 e. The first-order valence-electron chi connectivity index (χ1n) is 16.8. The zero-order chi connectivity index (χ0) is 36.0. The Morgan fingerprint density at radius 3 is 2.66 bits per heavy atom. The van der Waals surface area contributed by atoms with Crippen LogP contribution >= 0.6 is 11.3 Å². The van der Waals surface area contributed by atoms with Crippen LogP contribution in [0.25, 0.3) is 21.6 Å². The number of aromatic nitrogens is 2. The monoisotopic (exact) mass is 724 g/mol. The lowest BCUT2D eigenvalue weighted by molar-refractivity contribution is -0.134. The summed E-state index contributed by atoms with van der Waals surface area (Å²) < 4.78 is 38.4. The molecule has 0 spiro atoms. The number of pyridine rings is 1. The van der Waals surface area contributed by atoms with Crippen molar-refractivity contribution in [2.75, 3.05) is 33.5 Å². The van der Waals surface area contributed by atoms with Crippen molar-refractivity contribution in [2.45, 2.75) is 76.5 Å². The third kappa shape index (κ3) is 7.15. The molecule has 2 aliphatic heterocycles. The molecule has 50 heavy (non-hydrogen) atoms. The normalized spacial score (nSPS) is 25.1. The predicted octanol–water partition coefficient (Wildman–Crippen LogP) is 4.36. The second kappa shape index (κ2) is 13.8. The number of nitrogens with zero attached hydrogens (tertiary/aromatic N) is 4. The number of thiazole rings is 1. The Balaban J connectivity index is 1.35. The lowest BCUT2D eigenvalue weighted by Crippen LogP contribution is -2.57. The topological polar surface area (TPSA) is 160 Å². The van der Waals surface area contributed by atoms with Gasteiger partial charge in [0.25, 0.3) is 5.91 Å². The number of methoxy groups -OCH3 is 1. The van der Waals surface area contributed by atoms with Gasteiger partial charge in [-0.3, -0.25) is 14.3 Å². The maximum Gasteiger partial charge on any atom is 0.319 e. The van der Waals surface area contributed by atoms with Crippen molar-refractivity contribution in [1.82, 2.24) is 29.8 Å². The van der Waals surface area contributed by atoms with Gasteiger partial charge in [0.15, 0.2) is 0 Å². The van der Waals surface area contributed by atoms with Gasteiger partial charge in [-0.1, -0.05) is 26.0 Å². The minimum absolute atomic E-state index is 0.0589. The van der Waals surface area contributed by atoms with Gasteiger partial charge < -0.3 is 24.6 Å². The Labute approximate surface area is 296 Å². The molecule has 15 heteroatoms. The van der Waals surface area contributed by atoms with Crippen LogP contribution < -0.4 is 19.5 Å². The Kier molecular flexibility index (Phi) is 9.83. The summed E-state index contributed by atoms with van der Waals surface area (Å²) in [5.74, 6) is 0.0477. The molecule has 4 atom stereocenters. The third-order valence-electron chi connectivity index (χ3n) is 9.69. The number of fused-ring (bicyclic) bond motifs is 3. The molecule has 1 aromatic carbocycles. The summed E-state index contributed by atoms with van der Waals surface area (Å²) in [5.41, 5.74) is 1.68. The van der Waals surface area contributed by atoms with Gasteiger partial charge in [-0.15, -0.1) is 11.3 Å². The molecule has 1 saturated carbocycles. The Hall–Kier alpha value is -4.24. The number of carbonyl (C=O) groups excluding carboxylic acids is 3. The number of carbonyl (C=O) groups is 3. The first-order chi connectivity index (χ1) is 23.7. The van der Waals surface area contributed by atoms with E-state index in [0.717, 1.165) is 47.2 Å². The fourth-order valence-electron chi connectivity index (χ4n) is 6.74. The van der Waals surface area contributed by atoms with Crippen LogP contribution in [0.4, 0.5) is 4.79 Å². The molecule has 0 radical (unpaired) electrons. The number of sulfonamides is 1. The summed E-state index contributed by atoms with van der Waals surface area (Å²) in [6, 6.07) is 4.10. The zero-order valence-electron chi connectivity index (χ0n) is 29.2. The van der Waals surface area contributed by atoms with E-state index in [1.165, 1.54) is 16.2 Å². The number of benzene rings is 1. The second-order valence-corrected chi connectivity index (χ2v) is 16.4. The number of aryl methyl sites for hydroxylation is 1. The van der Waals surface area contributed by atoms with Gasteiger partial charge in [0, 0.05) is 48.3 Å². The van der Waals surface area contributed by atoms with E-state index in [-0.39, 0.29) is 37.1 Å². The fourth-order valence-corrected chi connectivity index (χ4v) is 8.20. The second-order valence-electron chi connectivity index (χ2n) is 13.8. The zero-order valence-corrected chi connectivity index (χ0v) is 30.8. The lowest BCUT2D eigenvalue weighted by atomic mass is 10.1. The van der Waals surface area contributed by atoms with Crippen LogP contribution in [0.15, 0.2) is 35.7 Å². The number of likely N-dealkylation sites (N-methyl/N-ethyl adjacent to an activating group) is 1. The van der Waals surface area contributed by atoms with Gasteiger partial charge in [0.05, 0.1) is 31.1 Å². The minimum Gasteiger partial charge on any atom is -0.496 e. The van der Waals surface area contributed by atoms with E-state index >= 15 is 0 Å². The van der Waals surface area contributed by atoms with Gasteiger partial charge >= 0.3 is 6.03 Å². The summed E-state index contributed by atoms with van der Waals surface area (Å²) in [6.45, 7) is 6.69. The molecule has 0 bridgehead atoms. The number of ether oxygens (including phenoxy) is 2. The number of nitrogens with one attached hydrogen (secondary N) is 2. The van der Waals surface area contributed by atoms with Crippen LogP contribution in [-0.4, -0.2) is 97.2 Å². The molecule has 13 nitrogen and oxygen atoms in total. The van der Waals surface area contributed by atoms with Crippen molar-refractivity contribution in [2.24, 2.45) is 5.92 Å². The highest BCUT2D eigenvalue weighted by atomic mass is 32.2. The molecule has 2 aromatic heterocycles. The average Bonchev–Trinajstić information content (AvgIpc) is 3.36. The quantitative estimate of drug-likeness (QED) is 0.338. The van der Waals surface area contributed by atoms with E-state index in [0.29, 0.717) is 29.3 Å². The standard InChI is InChI=1S/C35H44N6O7S2/c1-20(2)26-19-49-31(37-26)25-16-29(24-12-13-28(47-5)21(3)30(24)36-25)48-23-15-27-32(42)40(4)14-10-8-7-9-11-22-17-35(22,33(43)39-50(6,45)46)38-34(44)41(27)18-23/h9,11-13,16,19-20,22-23,27H,7-8,10,14-15,17-18H2,1-6H3,(H,38,44)(H,39,43)/b11-9-/t22-,23+,27+,35-/m1/s1. The molecular weight excluding hydrogens is 681 g/mol. The van der Waals surface area contributed by atoms with E-state index < -0.39 is 39.6 Å². The number of hydrogen-bond acceptors (Lipinski definition) is 10. The van der Waals surface area contributed by atoms with E-state index in [2.05, 4.69) is 19.2 Å². The summed E-state index contributed by atoms with van der Waals surface area (Å²) >= 11 is 1.50. The van der Waals surface area contributed by atoms with E-state index in [1.807, 2.05) is 47.4 Å². The van der Waals surface area contributed by atoms with Crippen molar-refractivity contribution >= 4 is 50.1 Å². The summed E-state index contributed by atoms with van der Waals surface area (Å²) in [5, 5.41) is 6.34. The highest BCUT2D eigenvalue weighted by molar-refractivity contribution is 7.89. The van der Waals surface area contributed by atoms with E-state index in [9.17, 15) is 22.8 Å². The Bertz CT molecular complexity index is 1960. The summed E-state index contributed by atoms with van der Waals surface area (Å²) in [4.78, 5) is 54.1. The smallest absolute Gasteiger partial charge is 0.319 e. The van der Waals surface area contributed by atoms with Gasteiger partial charge in [-0.2, -0.15) is 0 Å². The minimum atomic E-state index is -3.88. The van der Waals surface area contributed by atoms with Crippen LogP contribution in [0.1, 0.15) is 63.1 Å². The SMILES string of the molecule is COc1ccc2c(O[C@H]3C[C@H]4C(=O)N(C)CCCC/C=C\[C@@H]5C[C@@]5(C(=O)NS(C)(=O)=O)NC(=O)N4C3)cc(-c3nc(C(C)C)cs3)nc2c1C. The average molecular weight is 725 g/mol. The highest BCUT2D eigenvalue weighted by Gasteiger charge is 2.61. The van der Waals surface area contributed by atoms with Crippen molar-refractivity contribution < 1.29 is 32.3 Å². The highest BCUT2D eigenvalue weighted by Crippen LogP contribution is 2.46. The van der Waals surface area contributed by atoms with Crippen LogP contribution in [0.5, 0.6) is 11.5 Å². The molecule has 4 amide bonds. The molecule has 4 heterocycles. The van der Waals surface area contributed by atoms with Crippen molar-refractivity contribution in [1.29, 1.82) is 0 Å². The first kappa shape index (κ1) is 35.6. The molecule has 2 N–H and O–H groups in total. The van der Waals surface area contributed by atoms with E-state index in [1.54, 1.807) is 19.1 Å². The summed E-state index contributed by atoms with van der Waals surface area (Å²) in [7, 11) is -0.543. The molecule has 3 aromatic rings. The van der Waals surface area contributed by atoms with Gasteiger partial charge in [0.1, 0.15) is 39.9 Å². The van der Waals surface area contributed by atoms with Crippen LogP contribution in [-0.2, 0) is 19.6 Å². The molecule has 0 unspecified atom stereocenters. The van der Waals surface area contributed by atoms with Crippen molar-refractivity contribution in [3.63, 3.8) is 0 Å². The molecule has 2 fully saturated rings. The van der Waals surface area contributed by atoms with Crippen molar-refractivity contribution in [3.8, 4) is 22.2 Å². The predicted molar refractivity (Wildman–Crippen MR) is 191 cm³/mol. The van der Waals surface area contributed by atoms with Gasteiger partial charge in [0.2, 0.25) is 15.9 Å². The molecule has 268 valence electrons. The Morgan fingerprint density at radius 1 is 1.18 bits per heavy atom. The van der Waals surface area contributed by atoms with E-state index in [4.69, 9.17) is 19.4 Å².